The first-order chi connectivity index (χ1) is 8.01. The first-order valence-electron chi connectivity index (χ1n) is 5.82. The molecule has 0 saturated carbocycles. The fourth-order valence-corrected chi connectivity index (χ4v) is 2.09. The Bertz CT molecular complexity index is 295. The fraction of sp³-hybridized carbons (Fsp3) is 0.818. The Kier molecular flexibility index (Phi) is 4.89. The Balaban J connectivity index is 2.72. The molecule has 0 bridgehead atoms. The number of carbonyl (C=O) groups excluding carboxylic acids is 1. The summed E-state index contributed by atoms with van der Waals surface area (Å²) in [5, 5.41) is 9.07. The third kappa shape index (κ3) is 3.17. The van der Waals surface area contributed by atoms with Crippen molar-refractivity contribution in [2.75, 3.05) is 13.7 Å². The molecule has 0 aliphatic carbocycles. The van der Waals surface area contributed by atoms with E-state index in [1.165, 1.54) is 12.0 Å². The van der Waals surface area contributed by atoms with Crippen LogP contribution in [0, 0.1) is 0 Å². The van der Waals surface area contributed by atoms with Gasteiger partial charge in [0.1, 0.15) is 6.04 Å². The van der Waals surface area contributed by atoms with Crippen molar-refractivity contribution >= 4 is 11.9 Å². The second kappa shape index (κ2) is 5.97. The maximum Gasteiger partial charge on any atom is 0.326 e. The van der Waals surface area contributed by atoms with Gasteiger partial charge in [-0.25, -0.2) is 4.79 Å². The maximum absolute atomic E-state index is 12.0. The first-order valence-corrected chi connectivity index (χ1v) is 5.82. The van der Waals surface area contributed by atoms with Gasteiger partial charge in [-0.2, -0.15) is 0 Å². The summed E-state index contributed by atoms with van der Waals surface area (Å²) in [6.07, 6.45) is 1.48. The lowest BCUT2D eigenvalue weighted by Crippen LogP contribution is -2.48. The minimum absolute atomic E-state index is 0.214. The zero-order chi connectivity index (χ0) is 13.0. The van der Waals surface area contributed by atoms with Crippen LogP contribution in [0.4, 0.5) is 0 Å². The van der Waals surface area contributed by atoms with Crippen LogP contribution < -0.4 is 5.73 Å². The van der Waals surface area contributed by atoms with E-state index in [4.69, 9.17) is 15.6 Å². The Morgan fingerprint density at radius 3 is 2.71 bits per heavy atom. The van der Waals surface area contributed by atoms with E-state index in [1.807, 2.05) is 6.92 Å². The van der Waals surface area contributed by atoms with E-state index in [9.17, 15) is 9.59 Å². The highest BCUT2D eigenvalue weighted by Gasteiger charge is 2.40. The minimum atomic E-state index is -0.999. The number of nitrogens with zero attached hydrogens (tertiary/aromatic N) is 1. The van der Waals surface area contributed by atoms with Crippen LogP contribution in [-0.2, 0) is 14.3 Å². The van der Waals surface area contributed by atoms with Crippen molar-refractivity contribution in [2.24, 2.45) is 5.73 Å². The summed E-state index contributed by atoms with van der Waals surface area (Å²) in [6.45, 7) is 2.24. The predicted molar refractivity (Wildman–Crippen MR) is 61.4 cm³/mol. The molecular weight excluding hydrogens is 224 g/mol. The molecule has 3 N–H and O–H groups in total. The zero-order valence-corrected chi connectivity index (χ0v) is 10.3. The average molecular weight is 244 g/mol. The Labute approximate surface area is 101 Å². The third-order valence-electron chi connectivity index (χ3n) is 3.08. The standard InChI is InChI=1S/C11H20N2O4/c1-3-4-8(12)10(14)13-6-7(17-2)5-9(13)11(15)16/h7-9H,3-6,12H2,1-2H3,(H,15,16)/t7?,8-,9?/m0/s1. The molecule has 6 heteroatoms. The number of carbonyl (C=O) groups is 2. The molecule has 1 aliphatic rings. The van der Waals surface area contributed by atoms with Gasteiger partial charge in [-0.1, -0.05) is 13.3 Å². The lowest BCUT2D eigenvalue weighted by Gasteiger charge is -2.24. The monoisotopic (exact) mass is 244 g/mol. The highest BCUT2D eigenvalue weighted by atomic mass is 16.5. The number of methoxy groups -OCH3 is 1. The van der Waals surface area contributed by atoms with E-state index < -0.39 is 18.1 Å². The number of amides is 1. The minimum Gasteiger partial charge on any atom is -0.480 e. The summed E-state index contributed by atoms with van der Waals surface area (Å²) in [6, 6.07) is -1.42. The third-order valence-corrected chi connectivity index (χ3v) is 3.08. The molecule has 98 valence electrons. The van der Waals surface area contributed by atoms with E-state index in [2.05, 4.69) is 0 Å². The van der Waals surface area contributed by atoms with Crippen LogP contribution in [0.15, 0.2) is 0 Å². The van der Waals surface area contributed by atoms with Crippen LogP contribution in [0.3, 0.4) is 0 Å². The zero-order valence-electron chi connectivity index (χ0n) is 10.3. The van der Waals surface area contributed by atoms with Gasteiger partial charge in [0.25, 0.3) is 0 Å². The van der Waals surface area contributed by atoms with Gasteiger partial charge in [0.15, 0.2) is 0 Å². The van der Waals surface area contributed by atoms with Gasteiger partial charge in [-0.15, -0.1) is 0 Å². The molecule has 0 spiro atoms. The second-order valence-corrected chi connectivity index (χ2v) is 4.33. The number of carboxylic acid groups (broad SMARTS) is 1. The van der Waals surface area contributed by atoms with Crippen LogP contribution in [0.2, 0.25) is 0 Å². The molecule has 1 aliphatic heterocycles. The fourth-order valence-electron chi connectivity index (χ4n) is 2.09. The summed E-state index contributed by atoms with van der Waals surface area (Å²) in [4.78, 5) is 24.4. The van der Waals surface area contributed by atoms with Gasteiger partial charge >= 0.3 is 5.97 Å². The van der Waals surface area contributed by atoms with Crippen molar-refractivity contribution in [3.05, 3.63) is 0 Å². The molecule has 0 aromatic carbocycles. The SMILES string of the molecule is CCC[C@H](N)C(=O)N1CC(OC)CC1C(=O)O. The van der Waals surface area contributed by atoms with Crippen molar-refractivity contribution in [2.45, 2.75) is 44.4 Å². The summed E-state index contributed by atoms with van der Waals surface area (Å²) in [5.41, 5.74) is 5.73. The van der Waals surface area contributed by atoms with Crippen molar-refractivity contribution in [3.8, 4) is 0 Å². The van der Waals surface area contributed by atoms with Crippen LogP contribution >= 0.6 is 0 Å². The average Bonchev–Trinajstić information content (AvgIpc) is 2.72. The number of carboxylic acids is 1. The highest BCUT2D eigenvalue weighted by molar-refractivity contribution is 5.87. The van der Waals surface area contributed by atoms with Crippen molar-refractivity contribution in [1.29, 1.82) is 0 Å². The van der Waals surface area contributed by atoms with Gasteiger partial charge in [-0.3, -0.25) is 4.79 Å². The molecule has 6 nitrogen and oxygen atoms in total. The van der Waals surface area contributed by atoms with E-state index in [0.717, 1.165) is 6.42 Å². The molecule has 0 aromatic rings. The van der Waals surface area contributed by atoms with E-state index >= 15 is 0 Å². The second-order valence-electron chi connectivity index (χ2n) is 4.33. The summed E-state index contributed by atoms with van der Waals surface area (Å²) < 4.78 is 5.11. The molecule has 0 aromatic heterocycles. The number of ether oxygens (including phenoxy) is 1. The normalized spacial score (nSPS) is 25.9. The van der Waals surface area contributed by atoms with E-state index in [0.29, 0.717) is 19.4 Å². The quantitative estimate of drug-likeness (QED) is 0.699. The molecule has 1 amide bonds. The van der Waals surface area contributed by atoms with Crippen LogP contribution in [-0.4, -0.2) is 53.7 Å². The van der Waals surface area contributed by atoms with Crippen molar-refractivity contribution < 1.29 is 19.4 Å². The molecule has 1 saturated heterocycles. The smallest absolute Gasteiger partial charge is 0.326 e. The Hall–Kier alpha value is -1.14. The van der Waals surface area contributed by atoms with Gasteiger partial charge in [-0.05, 0) is 6.42 Å². The molecule has 1 heterocycles. The van der Waals surface area contributed by atoms with E-state index in [-0.39, 0.29) is 12.0 Å². The van der Waals surface area contributed by atoms with Gasteiger partial charge in [0, 0.05) is 20.1 Å². The molecule has 3 atom stereocenters. The molecular formula is C11H20N2O4. The van der Waals surface area contributed by atoms with Gasteiger partial charge < -0.3 is 20.5 Å². The topological polar surface area (TPSA) is 92.9 Å². The summed E-state index contributed by atoms with van der Waals surface area (Å²) >= 11 is 0. The largest absolute Gasteiger partial charge is 0.480 e. The van der Waals surface area contributed by atoms with Crippen LogP contribution in [0.25, 0.3) is 0 Å². The van der Waals surface area contributed by atoms with Gasteiger partial charge in [0.05, 0.1) is 12.1 Å². The molecule has 2 unspecified atom stereocenters. The Morgan fingerprint density at radius 1 is 1.59 bits per heavy atom. The Morgan fingerprint density at radius 2 is 2.24 bits per heavy atom. The number of hydrogen-bond donors (Lipinski definition) is 2. The lowest BCUT2D eigenvalue weighted by atomic mass is 10.1. The summed E-state index contributed by atoms with van der Waals surface area (Å²) in [7, 11) is 1.52. The van der Waals surface area contributed by atoms with Crippen LogP contribution in [0.5, 0.6) is 0 Å². The number of hydrogen-bond acceptors (Lipinski definition) is 4. The molecule has 17 heavy (non-hydrogen) atoms. The van der Waals surface area contributed by atoms with E-state index in [1.54, 1.807) is 0 Å². The number of likely N-dealkylation sites (tertiary alicyclic amines) is 1. The number of aliphatic carboxylic acids is 1. The number of rotatable bonds is 5. The lowest BCUT2D eigenvalue weighted by molar-refractivity contribution is -0.148. The van der Waals surface area contributed by atoms with Crippen molar-refractivity contribution in [1.82, 2.24) is 4.90 Å². The first kappa shape index (κ1) is 13.9. The highest BCUT2D eigenvalue weighted by Crippen LogP contribution is 2.21. The number of nitrogens with two attached hydrogens (primary N) is 1. The van der Waals surface area contributed by atoms with Crippen LogP contribution in [0.1, 0.15) is 26.2 Å². The summed E-state index contributed by atoms with van der Waals surface area (Å²) in [5.74, 6) is -1.29. The maximum atomic E-state index is 12.0. The molecule has 0 radical (unpaired) electrons. The van der Waals surface area contributed by atoms with Gasteiger partial charge in [0.2, 0.25) is 5.91 Å². The predicted octanol–water partition coefficient (Wildman–Crippen LogP) is -0.186. The molecule has 1 fully saturated rings. The van der Waals surface area contributed by atoms with Crippen molar-refractivity contribution in [3.63, 3.8) is 0 Å². The molecule has 1 rings (SSSR count).